The number of likely N-dealkylation sites (N-methyl/N-ethyl adjacent to an activating group) is 1. The summed E-state index contributed by atoms with van der Waals surface area (Å²) in [6.07, 6.45) is 1.73. The molecule has 5 amide bonds. The molecule has 0 unspecified atom stereocenters. The van der Waals surface area contributed by atoms with Gasteiger partial charge >= 0.3 is 6.03 Å². The molecule has 2 aromatic rings. The predicted octanol–water partition coefficient (Wildman–Crippen LogP) is 2.12. The highest BCUT2D eigenvalue weighted by molar-refractivity contribution is 6.39. The van der Waals surface area contributed by atoms with E-state index in [4.69, 9.17) is 18.9 Å². The summed E-state index contributed by atoms with van der Waals surface area (Å²) in [6.45, 7) is 1.80. The van der Waals surface area contributed by atoms with E-state index in [9.17, 15) is 19.2 Å². The minimum absolute atomic E-state index is 0.0178. The van der Waals surface area contributed by atoms with Gasteiger partial charge in [0.25, 0.3) is 11.8 Å². The molecule has 11 heteroatoms. The van der Waals surface area contributed by atoms with Crippen LogP contribution in [-0.4, -0.2) is 63.3 Å². The average molecular weight is 495 g/mol. The van der Waals surface area contributed by atoms with Crippen LogP contribution in [-0.2, 0) is 20.8 Å². The number of hydrogen-bond donors (Lipinski definition) is 1. The van der Waals surface area contributed by atoms with E-state index in [1.54, 1.807) is 31.3 Å². The topological polar surface area (TPSA) is 124 Å². The first-order valence-electron chi connectivity index (χ1n) is 11.0. The number of amides is 5. The molecule has 188 valence electrons. The van der Waals surface area contributed by atoms with Crippen molar-refractivity contribution in [3.8, 4) is 23.0 Å². The summed E-state index contributed by atoms with van der Waals surface area (Å²) < 4.78 is 21.8. The van der Waals surface area contributed by atoms with E-state index in [0.717, 1.165) is 4.90 Å². The summed E-state index contributed by atoms with van der Waals surface area (Å²) in [6, 6.07) is 7.20. The van der Waals surface area contributed by atoms with E-state index in [-0.39, 0.29) is 29.7 Å². The Morgan fingerprint density at radius 3 is 2.64 bits per heavy atom. The Bertz CT molecular complexity index is 1290. The van der Waals surface area contributed by atoms with Crippen molar-refractivity contribution in [1.29, 1.82) is 0 Å². The number of nitrogens with zero attached hydrogens (tertiary/aromatic N) is 2. The third-order valence-electron chi connectivity index (χ3n) is 5.90. The summed E-state index contributed by atoms with van der Waals surface area (Å²) in [5, 5.41) is 2.21. The zero-order valence-corrected chi connectivity index (χ0v) is 20.2. The van der Waals surface area contributed by atoms with Crippen LogP contribution >= 0.6 is 0 Å². The maximum absolute atomic E-state index is 13.4. The third kappa shape index (κ3) is 4.54. The normalized spacial score (nSPS) is 15.7. The largest absolute Gasteiger partial charge is 0.497 e. The minimum atomic E-state index is -0.878. The van der Waals surface area contributed by atoms with E-state index in [2.05, 4.69) is 5.32 Å². The lowest BCUT2D eigenvalue weighted by Crippen LogP contribution is -2.54. The summed E-state index contributed by atoms with van der Waals surface area (Å²) in [5.74, 6) is -0.302. The van der Waals surface area contributed by atoms with Gasteiger partial charge in [0.15, 0.2) is 11.5 Å². The van der Waals surface area contributed by atoms with Gasteiger partial charge < -0.3 is 23.8 Å². The van der Waals surface area contributed by atoms with Crippen molar-refractivity contribution in [2.24, 2.45) is 0 Å². The SMILES string of the molecule is COc1cccc(N2C(=O)NC(=O)/C(=C\c3c(CCN(C)C(C)=O)cc4c(c3OC)OCO4)C2=O)c1. The van der Waals surface area contributed by atoms with Crippen molar-refractivity contribution in [3.63, 3.8) is 0 Å². The molecule has 2 aliphatic heterocycles. The molecule has 36 heavy (non-hydrogen) atoms. The molecule has 1 saturated heterocycles. The zero-order valence-electron chi connectivity index (χ0n) is 20.2. The van der Waals surface area contributed by atoms with Gasteiger partial charge in [-0.05, 0) is 36.3 Å². The highest BCUT2D eigenvalue weighted by Gasteiger charge is 2.38. The summed E-state index contributed by atoms with van der Waals surface area (Å²) in [7, 11) is 4.56. The predicted molar refractivity (Wildman–Crippen MR) is 128 cm³/mol. The van der Waals surface area contributed by atoms with Crippen molar-refractivity contribution < 1.29 is 38.1 Å². The van der Waals surface area contributed by atoms with Gasteiger partial charge in [-0.2, -0.15) is 0 Å². The molecule has 1 fully saturated rings. The number of carbonyl (C=O) groups is 4. The number of ether oxygens (including phenoxy) is 4. The molecule has 0 aromatic heterocycles. The van der Waals surface area contributed by atoms with Crippen LogP contribution in [0.15, 0.2) is 35.9 Å². The quantitative estimate of drug-likeness (QED) is 0.458. The van der Waals surface area contributed by atoms with Gasteiger partial charge in [0, 0.05) is 32.1 Å². The van der Waals surface area contributed by atoms with E-state index in [0.29, 0.717) is 41.3 Å². The number of barbiturate groups is 1. The average Bonchev–Trinajstić information content (AvgIpc) is 3.32. The van der Waals surface area contributed by atoms with Crippen molar-refractivity contribution >= 4 is 35.5 Å². The van der Waals surface area contributed by atoms with Crippen molar-refractivity contribution in [3.05, 3.63) is 47.0 Å². The van der Waals surface area contributed by atoms with Gasteiger partial charge in [-0.3, -0.25) is 19.7 Å². The molecule has 0 saturated carbocycles. The maximum Gasteiger partial charge on any atom is 0.335 e. The van der Waals surface area contributed by atoms with E-state index < -0.39 is 17.8 Å². The minimum Gasteiger partial charge on any atom is -0.497 e. The lowest BCUT2D eigenvalue weighted by molar-refractivity contribution is -0.127. The number of methoxy groups -OCH3 is 2. The van der Waals surface area contributed by atoms with Gasteiger partial charge in [-0.1, -0.05) is 6.07 Å². The number of carbonyl (C=O) groups excluding carboxylic acids is 4. The summed E-state index contributed by atoms with van der Waals surface area (Å²) in [4.78, 5) is 52.9. The number of fused-ring (bicyclic) bond motifs is 1. The second-order valence-electron chi connectivity index (χ2n) is 8.07. The molecule has 0 atom stereocenters. The zero-order chi connectivity index (χ0) is 26.0. The van der Waals surface area contributed by atoms with Crippen LogP contribution in [0.2, 0.25) is 0 Å². The number of hydrogen-bond acceptors (Lipinski definition) is 8. The molecule has 4 rings (SSSR count). The fourth-order valence-electron chi connectivity index (χ4n) is 3.88. The number of nitrogens with one attached hydrogen (secondary N) is 1. The van der Waals surface area contributed by atoms with Crippen LogP contribution in [0.4, 0.5) is 10.5 Å². The Morgan fingerprint density at radius 1 is 1.17 bits per heavy atom. The smallest absolute Gasteiger partial charge is 0.335 e. The lowest BCUT2D eigenvalue weighted by Gasteiger charge is -2.27. The lowest BCUT2D eigenvalue weighted by atomic mass is 9.98. The van der Waals surface area contributed by atoms with Gasteiger partial charge in [-0.25, -0.2) is 9.69 Å². The molecule has 2 heterocycles. The number of imide groups is 2. The Kier molecular flexibility index (Phi) is 6.82. The highest BCUT2D eigenvalue weighted by Crippen LogP contribution is 2.46. The summed E-state index contributed by atoms with van der Waals surface area (Å²) >= 11 is 0. The summed E-state index contributed by atoms with van der Waals surface area (Å²) in [5.41, 5.74) is 1.01. The number of rotatable bonds is 7. The number of anilines is 1. The Labute approximate surface area is 207 Å². The van der Waals surface area contributed by atoms with E-state index >= 15 is 0 Å². The monoisotopic (exact) mass is 495 g/mol. The Hall–Kier alpha value is -4.54. The van der Waals surface area contributed by atoms with Crippen LogP contribution in [0, 0.1) is 0 Å². The molecule has 1 N–H and O–H groups in total. The second-order valence-corrected chi connectivity index (χ2v) is 8.07. The van der Waals surface area contributed by atoms with Gasteiger partial charge in [0.05, 0.1) is 19.9 Å². The molecular weight excluding hydrogens is 470 g/mol. The number of benzene rings is 2. The van der Waals surface area contributed by atoms with Crippen LogP contribution < -0.4 is 29.2 Å². The van der Waals surface area contributed by atoms with Gasteiger partial charge in [0.1, 0.15) is 11.3 Å². The van der Waals surface area contributed by atoms with Crippen LogP contribution in [0.5, 0.6) is 23.0 Å². The van der Waals surface area contributed by atoms with Crippen molar-refractivity contribution in [2.45, 2.75) is 13.3 Å². The fraction of sp³-hybridized carbons (Fsp3) is 0.280. The molecule has 0 spiro atoms. The van der Waals surface area contributed by atoms with E-state index in [1.807, 2.05) is 0 Å². The molecule has 0 aliphatic carbocycles. The second kappa shape index (κ2) is 9.98. The first-order chi connectivity index (χ1) is 17.2. The van der Waals surface area contributed by atoms with E-state index in [1.165, 1.54) is 38.2 Å². The van der Waals surface area contributed by atoms with Gasteiger partial charge in [-0.15, -0.1) is 0 Å². The molecule has 11 nitrogen and oxygen atoms in total. The molecule has 0 bridgehead atoms. The van der Waals surface area contributed by atoms with Crippen molar-refractivity contribution in [2.75, 3.05) is 39.5 Å². The molecular formula is C25H25N3O8. The highest BCUT2D eigenvalue weighted by atomic mass is 16.7. The molecule has 2 aliphatic rings. The molecule has 2 aromatic carbocycles. The third-order valence-corrected chi connectivity index (χ3v) is 5.90. The van der Waals surface area contributed by atoms with Gasteiger partial charge in [0.2, 0.25) is 18.4 Å². The first-order valence-corrected chi connectivity index (χ1v) is 11.0. The maximum atomic E-state index is 13.4. The Morgan fingerprint density at radius 2 is 1.94 bits per heavy atom. The van der Waals surface area contributed by atoms with Crippen LogP contribution in [0.3, 0.4) is 0 Å². The number of urea groups is 1. The standard InChI is InChI=1S/C25H25N3O8/c1-14(29)27(2)9-8-15-10-20-22(36-13-35-20)21(34-4)18(15)12-19-23(30)26-25(32)28(24(19)31)16-6-5-7-17(11-16)33-3/h5-7,10-12H,8-9,13H2,1-4H3,(H,26,30,32)/b19-12+. The Balaban J connectivity index is 1.81. The van der Waals surface area contributed by atoms with Crippen LogP contribution in [0.1, 0.15) is 18.1 Å². The van der Waals surface area contributed by atoms with Crippen molar-refractivity contribution in [1.82, 2.24) is 10.2 Å². The fourth-order valence-corrected chi connectivity index (χ4v) is 3.88. The van der Waals surface area contributed by atoms with Crippen LogP contribution in [0.25, 0.3) is 6.08 Å². The first kappa shape index (κ1) is 24.6. The molecule has 0 radical (unpaired) electrons.